The summed E-state index contributed by atoms with van der Waals surface area (Å²) in [5.41, 5.74) is 0. The van der Waals surface area contributed by atoms with Gasteiger partial charge in [0.05, 0.1) is 0 Å². The Morgan fingerprint density at radius 3 is 1.63 bits per heavy atom. The van der Waals surface area contributed by atoms with E-state index in [-0.39, 0.29) is 0 Å². The largest absolute Gasteiger partial charge is 0.0885 e. The van der Waals surface area contributed by atoms with E-state index >= 15 is 0 Å². The molecule has 0 heteroatoms. The number of hydrogen-bond donors (Lipinski definition) is 0. The Hall–Kier alpha value is -0.260. The van der Waals surface area contributed by atoms with E-state index in [1.165, 1.54) is 83.5 Å². The Balaban J connectivity index is 3.05. The SMILES string of the molecule is CCCCCCCCC=CCCCCCCC(C)C. The molecule has 0 heterocycles. The molecule has 0 saturated heterocycles. The molecule has 19 heavy (non-hydrogen) atoms. The zero-order valence-electron chi connectivity index (χ0n) is 13.9. The lowest BCUT2D eigenvalue weighted by Gasteiger charge is -2.03. The molecule has 0 rings (SSSR count). The van der Waals surface area contributed by atoms with Crippen molar-refractivity contribution in [3.05, 3.63) is 12.2 Å². The standard InChI is InChI=1S/C19H38/c1-4-5-6-7-8-9-10-11-12-13-14-15-16-17-18-19(2)3/h11-12,19H,4-10,13-18H2,1-3H3. The average Bonchev–Trinajstić information content (AvgIpc) is 2.39. The highest BCUT2D eigenvalue weighted by molar-refractivity contribution is 4.81. The van der Waals surface area contributed by atoms with Crippen LogP contribution in [-0.4, -0.2) is 0 Å². The number of unbranched alkanes of at least 4 members (excludes halogenated alkanes) is 10. The third kappa shape index (κ3) is 17.7. The molecule has 0 aromatic rings. The number of rotatable bonds is 14. The molecule has 0 unspecified atom stereocenters. The fraction of sp³-hybridized carbons (Fsp3) is 0.895. The van der Waals surface area contributed by atoms with Crippen LogP contribution in [0, 0.1) is 5.92 Å². The van der Waals surface area contributed by atoms with E-state index < -0.39 is 0 Å². The van der Waals surface area contributed by atoms with Crippen LogP contribution in [0.3, 0.4) is 0 Å². The summed E-state index contributed by atoms with van der Waals surface area (Å²) in [5, 5.41) is 0. The Labute approximate surface area is 123 Å². The molecule has 0 amide bonds. The van der Waals surface area contributed by atoms with Gasteiger partial charge in [-0.2, -0.15) is 0 Å². The van der Waals surface area contributed by atoms with Crippen LogP contribution in [0.2, 0.25) is 0 Å². The summed E-state index contributed by atoms with van der Waals surface area (Å²) < 4.78 is 0. The fourth-order valence-electron chi connectivity index (χ4n) is 2.45. The Bertz CT molecular complexity index is 178. The topological polar surface area (TPSA) is 0 Å². The number of hydrogen-bond acceptors (Lipinski definition) is 0. The molecule has 0 aromatic heterocycles. The van der Waals surface area contributed by atoms with Crippen molar-refractivity contribution in [3.8, 4) is 0 Å². The summed E-state index contributed by atoms with van der Waals surface area (Å²) in [6, 6.07) is 0. The van der Waals surface area contributed by atoms with Crippen molar-refractivity contribution in [2.75, 3.05) is 0 Å². The molecule has 0 atom stereocenters. The first-order valence-electron chi connectivity index (χ1n) is 8.92. The maximum absolute atomic E-state index is 2.41. The van der Waals surface area contributed by atoms with E-state index in [0.29, 0.717) is 0 Å². The van der Waals surface area contributed by atoms with E-state index in [9.17, 15) is 0 Å². The van der Waals surface area contributed by atoms with E-state index in [1.54, 1.807) is 0 Å². The van der Waals surface area contributed by atoms with Gasteiger partial charge in [-0.05, 0) is 31.6 Å². The van der Waals surface area contributed by atoms with Gasteiger partial charge in [-0.15, -0.1) is 0 Å². The summed E-state index contributed by atoms with van der Waals surface area (Å²) in [7, 11) is 0. The van der Waals surface area contributed by atoms with Crippen molar-refractivity contribution in [1.29, 1.82) is 0 Å². The lowest BCUT2D eigenvalue weighted by Crippen LogP contribution is -1.86. The first-order chi connectivity index (χ1) is 9.27. The minimum Gasteiger partial charge on any atom is -0.0885 e. The highest BCUT2D eigenvalue weighted by Gasteiger charge is 1.93. The van der Waals surface area contributed by atoms with Crippen LogP contribution in [0.4, 0.5) is 0 Å². The van der Waals surface area contributed by atoms with Crippen molar-refractivity contribution in [2.24, 2.45) is 5.92 Å². The summed E-state index contributed by atoms with van der Waals surface area (Å²) in [4.78, 5) is 0. The third-order valence-electron chi connectivity index (χ3n) is 3.79. The van der Waals surface area contributed by atoms with Gasteiger partial charge in [-0.1, -0.05) is 90.7 Å². The van der Waals surface area contributed by atoms with Gasteiger partial charge >= 0.3 is 0 Å². The second kappa shape index (κ2) is 15.8. The van der Waals surface area contributed by atoms with Crippen LogP contribution in [0.1, 0.15) is 104 Å². The highest BCUT2D eigenvalue weighted by atomic mass is 14.0. The predicted molar refractivity (Wildman–Crippen MR) is 89.7 cm³/mol. The normalized spacial score (nSPS) is 11.8. The maximum Gasteiger partial charge on any atom is -0.0351 e. The van der Waals surface area contributed by atoms with Crippen LogP contribution in [0.5, 0.6) is 0 Å². The van der Waals surface area contributed by atoms with Gasteiger partial charge in [0.15, 0.2) is 0 Å². The van der Waals surface area contributed by atoms with E-state index in [1.807, 2.05) is 0 Å². The first kappa shape index (κ1) is 18.7. The van der Waals surface area contributed by atoms with Crippen molar-refractivity contribution in [2.45, 2.75) is 104 Å². The van der Waals surface area contributed by atoms with E-state index in [0.717, 1.165) is 5.92 Å². The summed E-state index contributed by atoms with van der Waals surface area (Å²) in [5.74, 6) is 0.886. The lowest BCUT2D eigenvalue weighted by molar-refractivity contribution is 0.521. The van der Waals surface area contributed by atoms with Gasteiger partial charge < -0.3 is 0 Å². The monoisotopic (exact) mass is 266 g/mol. The molecule has 0 aliphatic carbocycles. The zero-order chi connectivity index (χ0) is 14.2. The molecule has 0 aliphatic rings. The first-order valence-corrected chi connectivity index (χ1v) is 8.92. The predicted octanol–water partition coefficient (Wildman–Crippen LogP) is 7.29. The number of allylic oxidation sites excluding steroid dienone is 2. The van der Waals surface area contributed by atoms with Gasteiger partial charge in [0.1, 0.15) is 0 Å². The summed E-state index contributed by atoms with van der Waals surface area (Å²) in [6.45, 7) is 6.93. The summed E-state index contributed by atoms with van der Waals surface area (Å²) >= 11 is 0. The molecular weight excluding hydrogens is 228 g/mol. The lowest BCUT2D eigenvalue weighted by atomic mass is 10.0. The third-order valence-corrected chi connectivity index (χ3v) is 3.79. The quantitative estimate of drug-likeness (QED) is 0.229. The van der Waals surface area contributed by atoms with Crippen LogP contribution in [0.25, 0.3) is 0 Å². The Morgan fingerprint density at radius 2 is 1.11 bits per heavy atom. The fourth-order valence-corrected chi connectivity index (χ4v) is 2.45. The molecule has 0 saturated carbocycles. The highest BCUT2D eigenvalue weighted by Crippen LogP contribution is 2.11. The molecule has 0 N–H and O–H groups in total. The van der Waals surface area contributed by atoms with E-state index in [2.05, 4.69) is 32.9 Å². The second-order valence-corrected chi connectivity index (χ2v) is 6.41. The van der Waals surface area contributed by atoms with Gasteiger partial charge in [0, 0.05) is 0 Å². The van der Waals surface area contributed by atoms with Crippen LogP contribution in [-0.2, 0) is 0 Å². The van der Waals surface area contributed by atoms with Crippen LogP contribution >= 0.6 is 0 Å². The van der Waals surface area contributed by atoms with E-state index in [4.69, 9.17) is 0 Å². The second-order valence-electron chi connectivity index (χ2n) is 6.41. The van der Waals surface area contributed by atoms with Crippen molar-refractivity contribution in [1.82, 2.24) is 0 Å². The van der Waals surface area contributed by atoms with Crippen LogP contribution in [0.15, 0.2) is 12.2 Å². The Morgan fingerprint density at radius 1 is 0.632 bits per heavy atom. The van der Waals surface area contributed by atoms with Crippen molar-refractivity contribution >= 4 is 0 Å². The van der Waals surface area contributed by atoms with Gasteiger partial charge in [0.2, 0.25) is 0 Å². The molecule has 0 bridgehead atoms. The maximum atomic E-state index is 2.41. The molecule has 0 aliphatic heterocycles. The van der Waals surface area contributed by atoms with Crippen molar-refractivity contribution in [3.63, 3.8) is 0 Å². The Kier molecular flexibility index (Phi) is 15.6. The molecule has 114 valence electrons. The van der Waals surface area contributed by atoms with Crippen molar-refractivity contribution < 1.29 is 0 Å². The smallest absolute Gasteiger partial charge is 0.0351 e. The van der Waals surface area contributed by atoms with Gasteiger partial charge in [-0.25, -0.2) is 0 Å². The molecule has 0 spiro atoms. The van der Waals surface area contributed by atoms with Gasteiger partial charge in [-0.3, -0.25) is 0 Å². The molecule has 0 nitrogen and oxygen atoms in total. The van der Waals surface area contributed by atoms with Crippen LogP contribution < -0.4 is 0 Å². The molecule has 0 aromatic carbocycles. The molecule has 0 fully saturated rings. The average molecular weight is 267 g/mol. The minimum atomic E-state index is 0.886. The zero-order valence-corrected chi connectivity index (χ0v) is 13.9. The summed E-state index contributed by atoms with van der Waals surface area (Å²) in [6.07, 6.45) is 23.0. The molecular formula is C19H38. The molecule has 0 radical (unpaired) electrons. The minimum absolute atomic E-state index is 0.886. The van der Waals surface area contributed by atoms with Gasteiger partial charge in [0.25, 0.3) is 0 Å².